The lowest BCUT2D eigenvalue weighted by Crippen LogP contribution is -2.37. The summed E-state index contributed by atoms with van der Waals surface area (Å²) in [5.74, 6) is -2.72. The van der Waals surface area contributed by atoms with Gasteiger partial charge >= 0.3 is 0 Å². The van der Waals surface area contributed by atoms with Gasteiger partial charge in [-0.2, -0.15) is 5.26 Å². The van der Waals surface area contributed by atoms with Crippen LogP contribution in [0.25, 0.3) is 6.08 Å². The Bertz CT molecular complexity index is 1340. The van der Waals surface area contributed by atoms with Crippen LogP contribution in [0.1, 0.15) is 5.56 Å². The highest BCUT2D eigenvalue weighted by Crippen LogP contribution is 2.46. The van der Waals surface area contributed by atoms with Crippen molar-refractivity contribution in [2.45, 2.75) is 4.90 Å². The van der Waals surface area contributed by atoms with E-state index in [0.29, 0.717) is 10.6 Å². The van der Waals surface area contributed by atoms with Crippen LogP contribution in [0.2, 0.25) is 0 Å². The number of nitriles is 1. The summed E-state index contributed by atoms with van der Waals surface area (Å²) in [4.78, 5) is 28.0. The zero-order valence-electron chi connectivity index (χ0n) is 17.4. The van der Waals surface area contributed by atoms with Crippen molar-refractivity contribution >= 4 is 40.9 Å². The van der Waals surface area contributed by atoms with Crippen LogP contribution in [-0.4, -0.2) is 11.7 Å². The maximum absolute atomic E-state index is 13.5. The predicted octanol–water partition coefficient (Wildman–Crippen LogP) is 4.72. The Labute approximate surface area is 195 Å². The fourth-order valence-electron chi connectivity index (χ4n) is 3.70. The number of hydrazine groups is 1. The van der Waals surface area contributed by atoms with E-state index in [9.17, 15) is 14.9 Å². The molecular weight excluding hydrogens is 432 g/mol. The molecule has 2 N–H and O–H groups in total. The molecule has 33 heavy (non-hydrogen) atoms. The Morgan fingerprint density at radius 3 is 2.33 bits per heavy atom. The van der Waals surface area contributed by atoms with Crippen LogP contribution in [0, 0.1) is 17.2 Å². The maximum atomic E-state index is 13.5. The molecule has 3 aromatic carbocycles. The molecule has 0 fully saturated rings. The van der Waals surface area contributed by atoms with E-state index in [4.69, 9.17) is 0 Å². The van der Waals surface area contributed by atoms with Gasteiger partial charge in [0.1, 0.15) is 5.70 Å². The van der Waals surface area contributed by atoms with E-state index in [0.717, 1.165) is 21.8 Å². The third kappa shape index (κ3) is 3.88. The first-order valence-corrected chi connectivity index (χ1v) is 11.1. The quantitative estimate of drug-likeness (QED) is 0.548. The molecule has 2 aliphatic rings. The molecule has 2 heterocycles. The van der Waals surface area contributed by atoms with Gasteiger partial charge in [0.05, 0.1) is 22.4 Å². The van der Waals surface area contributed by atoms with E-state index >= 15 is 0 Å². The number of benzene rings is 3. The van der Waals surface area contributed by atoms with E-state index in [1.54, 1.807) is 24.3 Å². The van der Waals surface area contributed by atoms with Crippen LogP contribution >= 0.6 is 11.8 Å². The number of carbonyl (C=O) groups is 2. The number of ketones is 1. The van der Waals surface area contributed by atoms with Gasteiger partial charge < -0.3 is 5.32 Å². The molecule has 0 saturated heterocycles. The Balaban J connectivity index is 1.52. The highest BCUT2D eigenvalue weighted by atomic mass is 32.2. The summed E-state index contributed by atoms with van der Waals surface area (Å²) < 4.78 is 0. The van der Waals surface area contributed by atoms with Gasteiger partial charge in [-0.25, -0.2) is 0 Å². The summed E-state index contributed by atoms with van der Waals surface area (Å²) in [7, 11) is 0. The number of nitrogens with zero attached hydrogens (tertiary/aromatic N) is 2. The first-order valence-electron chi connectivity index (χ1n) is 10.3. The first kappa shape index (κ1) is 20.6. The minimum absolute atomic E-state index is 0.236. The van der Waals surface area contributed by atoms with Crippen LogP contribution in [-0.2, 0) is 9.59 Å². The van der Waals surface area contributed by atoms with E-state index in [2.05, 4.69) is 10.7 Å². The number of carbonyl (C=O) groups excluding carboxylic acids is 2. The number of fused-ring (bicyclic) bond motifs is 2. The van der Waals surface area contributed by atoms with Crippen LogP contribution in [0.3, 0.4) is 0 Å². The maximum Gasteiger partial charge on any atom is 0.249 e. The van der Waals surface area contributed by atoms with Gasteiger partial charge in [0.25, 0.3) is 0 Å². The molecule has 0 radical (unpaired) electrons. The van der Waals surface area contributed by atoms with Crippen LogP contribution in [0.15, 0.2) is 106 Å². The average molecular weight is 451 g/mol. The lowest BCUT2D eigenvalue weighted by molar-refractivity contribution is -0.126. The standard InChI is InChI=1S/C26H18N4O2S/c27-16-20(26(32)28-18-10-3-1-4-11-18)24(31)23-25-21(15-17-9-7-8-14-22(17)33-25)30(29-23)19-12-5-2-6-13-19/h1-15,20,29H,(H,28,32). The van der Waals surface area contributed by atoms with Crippen molar-refractivity contribution in [3.8, 4) is 6.07 Å². The summed E-state index contributed by atoms with van der Waals surface area (Å²) in [5, 5.41) is 14.2. The fraction of sp³-hybridized carbons (Fsp3) is 0.0385. The Morgan fingerprint density at radius 1 is 0.939 bits per heavy atom. The second kappa shape index (κ2) is 8.69. The average Bonchev–Trinajstić information content (AvgIpc) is 3.22. The molecule has 0 spiro atoms. The zero-order valence-corrected chi connectivity index (χ0v) is 18.2. The summed E-state index contributed by atoms with van der Waals surface area (Å²) in [5.41, 5.74) is 6.60. The SMILES string of the molecule is N#CC(C(=O)Nc1ccccc1)C(=O)C1=C2Sc3ccccc3C=C2N(c2ccccc2)N1. The van der Waals surface area contributed by atoms with E-state index in [1.165, 1.54) is 11.8 Å². The molecule has 2 aliphatic heterocycles. The molecule has 5 rings (SSSR count). The predicted molar refractivity (Wildman–Crippen MR) is 129 cm³/mol. The third-order valence-electron chi connectivity index (χ3n) is 5.30. The lowest BCUT2D eigenvalue weighted by Gasteiger charge is -2.24. The number of rotatable bonds is 5. The van der Waals surface area contributed by atoms with E-state index < -0.39 is 17.6 Å². The second-order valence-corrected chi connectivity index (χ2v) is 8.49. The Kier molecular flexibility index (Phi) is 5.43. The molecule has 7 heteroatoms. The molecule has 0 saturated carbocycles. The van der Waals surface area contributed by atoms with Crippen LogP contribution in [0.4, 0.5) is 11.4 Å². The van der Waals surface area contributed by atoms with Gasteiger partial charge in [-0.3, -0.25) is 20.0 Å². The van der Waals surface area contributed by atoms with Gasteiger partial charge in [-0.05, 0) is 42.0 Å². The van der Waals surface area contributed by atoms with Gasteiger partial charge in [0.15, 0.2) is 5.92 Å². The molecule has 3 aromatic rings. The summed E-state index contributed by atoms with van der Waals surface area (Å²) in [6.45, 7) is 0. The zero-order chi connectivity index (χ0) is 22.8. The van der Waals surface area contributed by atoms with Crippen molar-refractivity contribution in [3.05, 3.63) is 107 Å². The van der Waals surface area contributed by atoms with Crippen molar-refractivity contribution in [1.29, 1.82) is 5.26 Å². The highest BCUT2D eigenvalue weighted by Gasteiger charge is 2.39. The van der Waals surface area contributed by atoms with Gasteiger partial charge in [-0.15, -0.1) is 0 Å². The number of Topliss-reactive ketones (excluding diaryl/α,β-unsaturated/α-hetero) is 1. The molecule has 0 bridgehead atoms. The number of allylic oxidation sites excluding steroid dienone is 1. The van der Waals surface area contributed by atoms with Gasteiger partial charge in [-0.1, -0.05) is 66.4 Å². The van der Waals surface area contributed by atoms with Crippen LogP contribution < -0.4 is 15.8 Å². The summed E-state index contributed by atoms with van der Waals surface area (Å²) in [6.07, 6.45) is 2.01. The van der Waals surface area contributed by atoms with Gasteiger partial charge in [0, 0.05) is 10.6 Å². The summed E-state index contributed by atoms with van der Waals surface area (Å²) >= 11 is 1.45. The van der Waals surface area contributed by atoms with Crippen molar-refractivity contribution in [1.82, 2.24) is 5.43 Å². The topological polar surface area (TPSA) is 85.2 Å². The highest BCUT2D eigenvalue weighted by molar-refractivity contribution is 8.03. The Morgan fingerprint density at radius 2 is 1.61 bits per heavy atom. The smallest absolute Gasteiger partial charge is 0.249 e. The molecule has 1 unspecified atom stereocenters. The lowest BCUT2D eigenvalue weighted by atomic mass is 10.0. The fourth-order valence-corrected chi connectivity index (χ4v) is 4.81. The molecule has 0 aliphatic carbocycles. The molecule has 1 amide bonds. The summed E-state index contributed by atoms with van der Waals surface area (Å²) in [6, 6.07) is 28.1. The van der Waals surface area contributed by atoms with E-state index in [1.807, 2.05) is 77.8 Å². The van der Waals surface area contributed by atoms with E-state index in [-0.39, 0.29) is 5.70 Å². The number of anilines is 2. The van der Waals surface area contributed by atoms with Crippen molar-refractivity contribution in [2.75, 3.05) is 10.3 Å². The first-order chi connectivity index (χ1) is 16.2. The normalized spacial score (nSPS) is 14.9. The van der Waals surface area contributed by atoms with Crippen molar-refractivity contribution in [2.24, 2.45) is 5.92 Å². The van der Waals surface area contributed by atoms with Crippen molar-refractivity contribution in [3.63, 3.8) is 0 Å². The molecule has 1 atom stereocenters. The number of hydrogen-bond donors (Lipinski definition) is 2. The molecular formula is C26H18N4O2S. The minimum Gasteiger partial charge on any atom is -0.325 e. The number of amides is 1. The number of hydrogen-bond acceptors (Lipinski definition) is 6. The molecule has 0 aromatic heterocycles. The number of thioether (sulfide) groups is 1. The largest absolute Gasteiger partial charge is 0.325 e. The monoisotopic (exact) mass is 450 g/mol. The van der Waals surface area contributed by atoms with Crippen LogP contribution in [0.5, 0.6) is 0 Å². The number of nitrogens with one attached hydrogen (secondary N) is 2. The van der Waals surface area contributed by atoms with Gasteiger partial charge in [0.2, 0.25) is 11.7 Å². The second-order valence-electron chi connectivity index (χ2n) is 7.44. The Hall–Kier alpha value is -4.28. The number of para-hydroxylation sites is 2. The van der Waals surface area contributed by atoms with Crippen molar-refractivity contribution < 1.29 is 9.59 Å². The third-order valence-corrected chi connectivity index (χ3v) is 6.51. The molecule has 6 nitrogen and oxygen atoms in total. The minimum atomic E-state index is -1.49. The molecule has 160 valence electrons.